The minimum Gasteiger partial charge on any atom is -0.339 e. The van der Waals surface area contributed by atoms with Crippen LogP contribution in [0.4, 0.5) is 4.39 Å². The lowest BCUT2D eigenvalue weighted by atomic mass is 10.1. The second-order valence-electron chi connectivity index (χ2n) is 8.28. The minimum absolute atomic E-state index is 0.114. The molecule has 1 fully saturated rings. The van der Waals surface area contributed by atoms with Gasteiger partial charge in [-0.2, -0.15) is 0 Å². The van der Waals surface area contributed by atoms with E-state index in [0.717, 1.165) is 42.2 Å². The summed E-state index contributed by atoms with van der Waals surface area (Å²) in [5.41, 5.74) is 2.31. The van der Waals surface area contributed by atoms with Crippen LogP contribution in [-0.4, -0.2) is 38.7 Å². The van der Waals surface area contributed by atoms with E-state index in [-0.39, 0.29) is 11.7 Å². The number of aromatic nitrogens is 3. The second kappa shape index (κ2) is 9.64. The molecule has 2 heterocycles. The van der Waals surface area contributed by atoms with Gasteiger partial charge in [0.2, 0.25) is 0 Å². The highest BCUT2D eigenvalue weighted by Crippen LogP contribution is 2.29. The topological polar surface area (TPSA) is 51.0 Å². The first-order valence-corrected chi connectivity index (χ1v) is 11.7. The van der Waals surface area contributed by atoms with Gasteiger partial charge in [0.1, 0.15) is 5.82 Å². The van der Waals surface area contributed by atoms with Gasteiger partial charge in [-0.25, -0.2) is 4.39 Å². The number of halogens is 1. The van der Waals surface area contributed by atoms with Gasteiger partial charge < -0.3 is 9.47 Å². The van der Waals surface area contributed by atoms with Crippen LogP contribution in [0.2, 0.25) is 0 Å². The molecular formula is C24H27FN4OS. The van der Waals surface area contributed by atoms with Gasteiger partial charge >= 0.3 is 0 Å². The number of hydrogen-bond acceptors (Lipinski definition) is 4. The van der Waals surface area contributed by atoms with Gasteiger partial charge in [-0.3, -0.25) is 4.79 Å². The summed E-state index contributed by atoms with van der Waals surface area (Å²) in [4.78, 5) is 14.4. The second-order valence-corrected chi connectivity index (χ2v) is 9.22. The van der Waals surface area contributed by atoms with Crippen molar-refractivity contribution in [3.8, 4) is 11.4 Å². The molecule has 1 aliphatic rings. The number of hydrogen-bond donors (Lipinski definition) is 0. The number of benzene rings is 2. The molecular weight excluding hydrogens is 411 g/mol. The number of rotatable bonds is 7. The molecule has 1 amide bonds. The number of nitrogens with zero attached hydrogens (tertiary/aromatic N) is 4. The zero-order chi connectivity index (χ0) is 21.8. The maximum absolute atomic E-state index is 14.3. The SMILES string of the molecule is CC(C)Cn1c(SCc2ccc(C(=O)N3CCCC3)cc2)nnc1-c1ccccc1F. The molecule has 1 saturated heterocycles. The van der Waals surface area contributed by atoms with Gasteiger partial charge in [0.05, 0.1) is 5.56 Å². The van der Waals surface area contributed by atoms with Crippen LogP contribution in [0.3, 0.4) is 0 Å². The van der Waals surface area contributed by atoms with E-state index in [1.807, 2.05) is 39.8 Å². The van der Waals surface area contributed by atoms with Crippen LogP contribution in [0, 0.1) is 11.7 Å². The van der Waals surface area contributed by atoms with Gasteiger partial charge in [0.25, 0.3) is 5.91 Å². The Labute approximate surface area is 186 Å². The summed E-state index contributed by atoms with van der Waals surface area (Å²) < 4.78 is 16.3. The molecule has 1 aromatic heterocycles. The first kappa shape index (κ1) is 21.6. The first-order valence-electron chi connectivity index (χ1n) is 10.7. The van der Waals surface area contributed by atoms with Gasteiger partial charge in [0.15, 0.2) is 11.0 Å². The summed E-state index contributed by atoms with van der Waals surface area (Å²) in [7, 11) is 0. The number of likely N-dealkylation sites (tertiary alicyclic amines) is 1. The predicted octanol–water partition coefficient (Wildman–Crippen LogP) is 5.27. The smallest absolute Gasteiger partial charge is 0.253 e. The summed E-state index contributed by atoms with van der Waals surface area (Å²) >= 11 is 1.57. The van der Waals surface area contributed by atoms with E-state index in [0.29, 0.717) is 29.6 Å². The minimum atomic E-state index is -0.297. The first-order chi connectivity index (χ1) is 15.0. The van der Waals surface area contributed by atoms with Crippen molar-refractivity contribution in [3.05, 3.63) is 65.5 Å². The van der Waals surface area contributed by atoms with Crippen LogP contribution in [0.1, 0.15) is 42.6 Å². The highest BCUT2D eigenvalue weighted by Gasteiger charge is 2.20. The lowest BCUT2D eigenvalue weighted by Gasteiger charge is -2.15. The summed E-state index contributed by atoms with van der Waals surface area (Å²) in [5, 5.41) is 9.41. The zero-order valence-corrected chi connectivity index (χ0v) is 18.7. The molecule has 0 aliphatic carbocycles. The van der Waals surface area contributed by atoms with Crippen LogP contribution in [0.25, 0.3) is 11.4 Å². The maximum atomic E-state index is 14.3. The standard InChI is InChI=1S/C24H27FN4OS/c1-17(2)15-29-22(20-7-3-4-8-21(20)25)26-27-24(29)31-16-18-9-11-19(12-10-18)23(30)28-13-5-6-14-28/h3-4,7-12,17H,5-6,13-16H2,1-2H3. The molecule has 162 valence electrons. The van der Waals surface area contributed by atoms with E-state index < -0.39 is 0 Å². The van der Waals surface area contributed by atoms with Crippen molar-refractivity contribution in [1.29, 1.82) is 0 Å². The van der Waals surface area contributed by atoms with Crippen molar-refractivity contribution in [2.75, 3.05) is 13.1 Å². The van der Waals surface area contributed by atoms with Crippen LogP contribution < -0.4 is 0 Å². The van der Waals surface area contributed by atoms with Crippen LogP contribution in [0.5, 0.6) is 0 Å². The number of amides is 1. The number of carbonyl (C=O) groups is 1. The highest BCUT2D eigenvalue weighted by atomic mass is 32.2. The lowest BCUT2D eigenvalue weighted by molar-refractivity contribution is 0.0793. The van der Waals surface area contributed by atoms with E-state index in [4.69, 9.17) is 0 Å². The molecule has 4 rings (SSSR count). The molecule has 1 aliphatic heterocycles. The molecule has 5 nitrogen and oxygen atoms in total. The number of thioether (sulfide) groups is 1. The van der Waals surface area contributed by atoms with Gasteiger partial charge in [-0.1, -0.05) is 49.9 Å². The van der Waals surface area contributed by atoms with E-state index >= 15 is 0 Å². The van der Waals surface area contributed by atoms with Crippen LogP contribution in [-0.2, 0) is 12.3 Å². The fourth-order valence-electron chi connectivity index (χ4n) is 3.76. The van der Waals surface area contributed by atoms with E-state index in [1.54, 1.807) is 23.9 Å². The Hall–Kier alpha value is -2.67. The monoisotopic (exact) mass is 438 g/mol. The molecule has 2 aromatic carbocycles. The van der Waals surface area contributed by atoms with E-state index in [2.05, 4.69) is 24.0 Å². The normalized spacial score (nSPS) is 13.9. The van der Waals surface area contributed by atoms with Crippen LogP contribution >= 0.6 is 11.8 Å². The third-order valence-electron chi connectivity index (χ3n) is 5.34. The number of carbonyl (C=O) groups excluding carboxylic acids is 1. The van der Waals surface area contributed by atoms with Crippen molar-refractivity contribution in [1.82, 2.24) is 19.7 Å². The Bertz CT molecular complexity index is 1040. The van der Waals surface area contributed by atoms with Crippen molar-refractivity contribution in [2.45, 2.75) is 44.1 Å². The Morgan fingerprint density at radius 3 is 2.45 bits per heavy atom. The summed E-state index contributed by atoms with van der Waals surface area (Å²) in [6.45, 7) is 6.66. The molecule has 0 unspecified atom stereocenters. The molecule has 0 spiro atoms. The Morgan fingerprint density at radius 1 is 1.06 bits per heavy atom. The maximum Gasteiger partial charge on any atom is 0.253 e. The average molecular weight is 439 g/mol. The fourth-order valence-corrected chi connectivity index (χ4v) is 4.66. The third-order valence-corrected chi connectivity index (χ3v) is 6.38. The van der Waals surface area contributed by atoms with E-state index in [9.17, 15) is 9.18 Å². The van der Waals surface area contributed by atoms with Crippen molar-refractivity contribution >= 4 is 17.7 Å². The fraction of sp³-hybridized carbons (Fsp3) is 0.375. The van der Waals surface area contributed by atoms with Gasteiger partial charge in [-0.15, -0.1) is 10.2 Å². The van der Waals surface area contributed by atoms with Gasteiger partial charge in [0, 0.05) is 31.0 Å². The van der Waals surface area contributed by atoms with Crippen molar-refractivity contribution in [2.24, 2.45) is 5.92 Å². The van der Waals surface area contributed by atoms with Crippen molar-refractivity contribution in [3.63, 3.8) is 0 Å². The van der Waals surface area contributed by atoms with Crippen LogP contribution in [0.15, 0.2) is 53.7 Å². The molecule has 0 N–H and O–H groups in total. The van der Waals surface area contributed by atoms with E-state index in [1.165, 1.54) is 6.07 Å². The Morgan fingerprint density at radius 2 is 1.77 bits per heavy atom. The predicted molar refractivity (Wildman–Crippen MR) is 121 cm³/mol. The zero-order valence-electron chi connectivity index (χ0n) is 17.9. The van der Waals surface area contributed by atoms with Gasteiger partial charge in [-0.05, 0) is 48.6 Å². The Kier molecular flexibility index (Phi) is 6.70. The molecule has 0 radical (unpaired) electrons. The summed E-state index contributed by atoms with van der Waals surface area (Å²) in [6, 6.07) is 14.5. The molecule has 0 atom stereocenters. The summed E-state index contributed by atoms with van der Waals surface area (Å²) in [5.74, 6) is 1.45. The molecule has 31 heavy (non-hydrogen) atoms. The highest BCUT2D eigenvalue weighted by molar-refractivity contribution is 7.98. The molecule has 7 heteroatoms. The average Bonchev–Trinajstić information content (AvgIpc) is 3.43. The largest absolute Gasteiger partial charge is 0.339 e. The lowest BCUT2D eigenvalue weighted by Crippen LogP contribution is -2.27. The Balaban J connectivity index is 1.49. The quantitative estimate of drug-likeness (QED) is 0.472. The third kappa shape index (κ3) is 4.98. The molecule has 0 bridgehead atoms. The summed E-state index contributed by atoms with van der Waals surface area (Å²) in [6.07, 6.45) is 2.18. The molecule has 0 saturated carbocycles. The van der Waals surface area contributed by atoms with Crippen molar-refractivity contribution < 1.29 is 9.18 Å². The molecule has 3 aromatic rings.